The van der Waals surface area contributed by atoms with Gasteiger partial charge in [-0.2, -0.15) is 10.1 Å². The molecule has 1 saturated heterocycles. The molecular weight excluding hydrogens is 374 g/mol. The monoisotopic (exact) mass is 400 g/mol. The fourth-order valence-electron chi connectivity index (χ4n) is 4.38. The average molecular weight is 400 g/mol. The second-order valence-corrected chi connectivity index (χ2v) is 8.11. The number of hydrogen-bond donors (Lipinski definition) is 0. The first-order chi connectivity index (χ1) is 13.8. The number of likely N-dealkylation sites (tertiary alicyclic amines) is 1. The number of halogens is 2. The van der Waals surface area contributed by atoms with Gasteiger partial charge in [-0.1, -0.05) is 6.92 Å². The maximum Gasteiger partial charge on any atom is 0.280 e. The Morgan fingerprint density at radius 2 is 1.83 bits per heavy atom. The van der Waals surface area contributed by atoms with Crippen LogP contribution in [0.3, 0.4) is 0 Å². The van der Waals surface area contributed by atoms with Crippen molar-refractivity contribution >= 4 is 5.78 Å². The largest absolute Gasteiger partial charge is 0.296 e. The second-order valence-electron chi connectivity index (χ2n) is 8.11. The van der Waals surface area contributed by atoms with E-state index >= 15 is 0 Å². The van der Waals surface area contributed by atoms with Crippen LogP contribution in [0, 0.1) is 19.8 Å². The summed E-state index contributed by atoms with van der Waals surface area (Å²) in [6.07, 6.45) is -0.273. The molecule has 154 valence electrons. The van der Waals surface area contributed by atoms with E-state index in [1.807, 2.05) is 13.8 Å². The number of pyridine rings is 1. The molecule has 1 aliphatic heterocycles. The van der Waals surface area contributed by atoms with E-state index in [0.717, 1.165) is 36.6 Å². The van der Waals surface area contributed by atoms with Gasteiger partial charge in [0.15, 0.2) is 0 Å². The summed E-state index contributed by atoms with van der Waals surface area (Å²) in [5.41, 5.74) is 3.77. The van der Waals surface area contributed by atoms with Crippen LogP contribution in [0.15, 0.2) is 24.5 Å². The zero-order valence-corrected chi connectivity index (χ0v) is 17.2. The smallest absolute Gasteiger partial charge is 0.280 e. The van der Waals surface area contributed by atoms with Crippen molar-refractivity contribution in [2.45, 2.75) is 52.5 Å². The minimum absolute atomic E-state index is 0.0694. The molecular formula is C21H26F2N6. The van der Waals surface area contributed by atoms with Crippen molar-refractivity contribution in [3.05, 3.63) is 52.9 Å². The van der Waals surface area contributed by atoms with E-state index in [0.29, 0.717) is 5.92 Å². The van der Waals surface area contributed by atoms with Gasteiger partial charge in [-0.05, 0) is 63.4 Å². The van der Waals surface area contributed by atoms with Crippen molar-refractivity contribution in [1.82, 2.24) is 29.5 Å². The molecule has 0 spiro atoms. The van der Waals surface area contributed by atoms with Gasteiger partial charge in [0.05, 0.1) is 5.69 Å². The molecule has 29 heavy (non-hydrogen) atoms. The topological polar surface area (TPSA) is 59.2 Å². The van der Waals surface area contributed by atoms with Gasteiger partial charge in [0.25, 0.3) is 12.2 Å². The Balaban J connectivity index is 1.68. The summed E-state index contributed by atoms with van der Waals surface area (Å²) < 4.78 is 28.4. The van der Waals surface area contributed by atoms with Crippen molar-refractivity contribution < 1.29 is 8.78 Å². The number of alkyl halides is 2. The molecule has 3 aromatic rings. The number of aryl methyl sites for hydroxylation is 2. The molecule has 3 aromatic heterocycles. The molecule has 0 radical (unpaired) electrons. The van der Waals surface area contributed by atoms with Crippen molar-refractivity contribution in [2.75, 3.05) is 13.1 Å². The van der Waals surface area contributed by atoms with Crippen LogP contribution >= 0.6 is 0 Å². The summed E-state index contributed by atoms with van der Waals surface area (Å²) in [4.78, 5) is 14.9. The van der Waals surface area contributed by atoms with Crippen molar-refractivity contribution in [3.8, 4) is 0 Å². The van der Waals surface area contributed by atoms with E-state index in [-0.39, 0.29) is 23.4 Å². The zero-order chi connectivity index (χ0) is 20.7. The Bertz CT molecular complexity index is 997. The molecule has 0 aliphatic carbocycles. The highest BCUT2D eigenvalue weighted by atomic mass is 19.3. The second kappa shape index (κ2) is 7.74. The zero-order valence-electron chi connectivity index (χ0n) is 17.2. The molecule has 3 atom stereocenters. The van der Waals surface area contributed by atoms with E-state index in [9.17, 15) is 8.78 Å². The molecule has 4 rings (SSSR count). The van der Waals surface area contributed by atoms with Crippen LogP contribution in [0.1, 0.15) is 67.0 Å². The predicted molar refractivity (Wildman–Crippen MR) is 106 cm³/mol. The van der Waals surface area contributed by atoms with Gasteiger partial charge in [-0.15, -0.1) is 0 Å². The number of rotatable bonds is 4. The molecule has 0 bridgehead atoms. The first kappa shape index (κ1) is 19.8. The summed E-state index contributed by atoms with van der Waals surface area (Å²) in [5.74, 6) is 0.648. The third-order valence-corrected chi connectivity index (χ3v) is 6.03. The molecule has 1 aliphatic rings. The normalized spacial score (nSPS) is 21.8. The van der Waals surface area contributed by atoms with Gasteiger partial charge < -0.3 is 0 Å². The number of aromatic nitrogens is 5. The highest BCUT2D eigenvalue weighted by Crippen LogP contribution is 2.36. The summed E-state index contributed by atoms with van der Waals surface area (Å²) in [7, 11) is 0. The minimum Gasteiger partial charge on any atom is -0.296 e. The molecule has 0 aromatic carbocycles. The standard InChI is InChI=1S/C21H26F2N6/c1-12-5-6-28(15(4)16-7-13(2)26-14(3)8-16)10-17(12)19-9-18(20(22)23)27-21-24-11-25-29(19)21/h7-9,11-12,15,17,20H,5-6,10H2,1-4H3/t12-,15+,17-/m1/s1. The Morgan fingerprint density at radius 1 is 1.10 bits per heavy atom. The van der Waals surface area contributed by atoms with Crippen LogP contribution in [0.5, 0.6) is 0 Å². The fourth-order valence-corrected chi connectivity index (χ4v) is 4.38. The lowest BCUT2D eigenvalue weighted by molar-refractivity contribution is 0.123. The van der Waals surface area contributed by atoms with E-state index in [1.165, 1.54) is 18.0 Å². The van der Waals surface area contributed by atoms with Gasteiger partial charge >= 0.3 is 0 Å². The summed E-state index contributed by atoms with van der Waals surface area (Å²) in [6.45, 7) is 10.1. The highest BCUT2D eigenvalue weighted by molar-refractivity contribution is 5.33. The highest BCUT2D eigenvalue weighted by Gasteiger charge is 2.33. The van der Waals surface area contributed by atoms with Crippen LogP contribution in [0.4, 0.5) is 8.78 Å². The quantitative estimate of drug-likeness (QED) is 0.655. The maximum absolute atomic E-state index is 13.4. The molecule has 0 N–H and O–H groups in total. The number of hydrogen-bond acceptors (Lipinski definition) is 5. The Hall–Kier alpha value is -2.48. The maximum atomic E-state index is 13.4. The van der Waals surface area contributed by atoms with Gasteiger partial charge in [-0.25, -0.2) is 18.3 Å². The third kappa shape index (κ3) is 3.85. The van der Waals surface area contributed by atoms with Crippen LogP contribution in [0.25, 0.3) is 5.78 Å². The van der Waals surface area contributed by atoms with E-state index in [4.69, 9.17) is 0 Å². The van der Waals surface area contributed by atoms with Gasteiger partial charge in [0, 0.05) is 29.9 Å². The van der Waals surface area contributed by atoms with Crippen LogP contribution in [-0.4, -0.2) is 42.6 Å². The van der Waals surface area contributed by atoms with E-state index in [2.05, 4.69) is 50.9 Å². The average Bonchev–Trinajstić information content (AvgIpc) is 3.15. The van der Waals surface area contributed by atoms with Gasteiger partial charge in [-0.3, -0.25) is 9.88 Å². The van der Waals surface area contributed by atoms with Crippen molar-refractivity contribution in [2.24, 2.45) is 5.92 Å². The van der Waals surface area contributed by atoms with Gasteiger partial charge in [0.1, 0.15) is 12.0 Å². The molecule has 8 heteroatoms. The Kier molecular flexibility index (Phi) is 5.29. The number of nitrogens with zero attached hydrogens (tertiary/aromatic N) is 6. The third-order valence-electron chi connectivity index (χ3n) is 6.03. The van der Waals surface area contributed by atoms with Gasteiger partial charge in [0.2, 0.25) is 0 Å². The molecule has 0 unspecified atom stereocenters. The van der Waals surface area contributed by atoms with Crippen LogP contribution in [0.2, 0.25) is 0 Å². The predicted octanol–water partition coefficient (Wildman–Crippen LogP) is 4.26. The number of fused-ring (bicyclic) bond motifs is 1. The SMILES string of the molecule is Cc1cc([C@H](C)N2CC[C@@H](C)[C@H](c3cc(C(F)F)nc4ncnn34)C2)cc(C)n1. The summed E-state index contributed by atoms with van der Waals surface area (Å²) in [6, 6.07) is 5.97. The van der Waals surface area contributed by atoms with Crippen LogP contribution < -0.4 is 0 Å². The molecule has 4 heterocycles. The fraction of sp³-hybridized carbons (Fsp3) is 0.524. The lowest BCUT2D eigenvalue weighted by Crippen LogP contribution is -2.40. The lowest BCUT2D eigenvalue weighted by Gasteiger charge is -2.40. The van der Waals surface area contributed by atoms with E-state index in [1.54, 1.807) is 4.52 Å². The first-order valence-electron chi connectivity index (χ1n) is 10.0. The first-order valence-corrected chi connectivity index (χ1v) is 10.0. The molecule has 1 fully saturated rings. The van der Waals surface area contributed by atoms with E-state index < -0.39 is 6.43 Å². The molecule has 0 amide bonds. The van der Waals surface area contributed by atoms with Crippen molar-refractivity contribution in [3.63, 3.8) is 0 Å². The summed E-state index contributed by atoms with van der Waals surface area (Å²) in [5, 5.41) is 4.25. The number of piperidine rings is 1. The Labute approximate surface area is 169 Å². The molecule has 6 nitrogen and oxygen atoms in total. The molecule has 0 saturated carbocycles. The minimum atomic E-state index is -2.63. The summed E-state index contributed by atoms with van der Waals surface area (Å²) >= 11 is 0. The lowest BCUT2D eigenvalue weighted by atomic mass is 9.83. The van der Waals surface area contributed by atoms with Crippen molar-refractivity contribution in [1.29, 1.82) is 0 Å². The van der Waals surface area contributed by atoms with Crippen LogP contribution in [-0.2, 0) is 0 Å². The Morgan fingerprint density at radius 3 is 2.52 bits per heavy atom.